The summed E-state index contributed by atoms with van der Waals surface area (Å²) in [5.41, 5.74) is 0.683. The minimum Gasteiger partial charge on any atom is -0.491 e. The molecule has 1 aromatic heterocycles. The zero-order valence-electron chi connectivity index (χ0n) is 11.1. The number of carbonyl (C=O) groups is 1. The summed E-state index contributed by atoms with van der Waals surface area (Å²) in [6.45, 7) is 2.05. The Labute approximate surface area is 120 Å². The van der Waals surface area contributed by atoms with Crippen molar-refractivity contribution in [3.8, 4) is 17.0 Å². The van der Waals surface area contributed by atoms with Crippen molar-refractivity contribution in [3.63, 3.8) is 0 Å². The van der Waals surface area contributed by atoms with Crippen molar-refractivity contribution in [2.45, 2.75) is 6.92 Å². The van der Waals surface area contributed by atoms with E-state index in [2.05, 4.69) is 4.98 Å². The van der Waals surface area contributed by atoms with Crippen LogP contribution in [0.4, 0.5) is 5.69 Å². The predicted molar refractivity (Wildman–Crippen MR) is 74.5 cm³/mol. The van der Waals surface area contributed by atoms with Gasteiger partial charge in [0, 0.05) is 17.7 Å². The molecule has 0 atom stereocenters. The Morgan fingerprint density at radius 1 is 1.43 bits per heavy atom. The monoisotopic (exact) mass is 288 g/mol. The van der Waals surface area contributed by atoms with E-state index in [1.165, 1.54) is 30.5 Å². The summed E-state index contributed by atoms with van der Waals surface area (Å²) < 4.78 is 5.20. The molecular formula is C14H12N2O5. The number of nitro groups is 1. The molecule has 0 aliphatic rings. The number of non-ortho nitro benzene ring substituents is 1. The normalized spacial score (nSPS) is 10.1. The lowest BCUT2D eigenvalue weighted by Gasteiger charge is -2.08. The van der Waals surface area contributed by atoms with Gasteiger partial charge in [0.2, 0.25) is 0 Å². The van der Waals surface area contributed by atoms with Gasteiger partial charge < -0.3 is 9.84 Å². The molecule has 0 fully saturated rings. The highest BCUT2D eigenvalue weighted by Gasteiger charge is 2.15. The van der Waals surface area contributed by atoms with Crippen LogP contribution in [0.3, 0.4) is 0 Å². The third kappa shape index (κ3) is 3.14. The van der Waals surface area contributed by atoms with Crippen LogP contribution in [0.5, 0.6) is 5.75 Å². The van der Waals surface area contributed by atoms with Gasteiger partial charge in [0.1, 0.15) is 5.56 Å². The largest absolute Gasteiger partial charge is 0.491 e. The van der Waals surface area contributed by atoms with E-state index in [0.29, 0.717) is 17.9 Å². The Morgan fingerprint density at radius 3 is 2.81 bits per heavy atom. The first-order chi connectivity index (χ1) is 10.0. The Kier molecular flexibility index (Phi) is 4.13. The van der Waals surface area contributed by atoms with Gasteiger partial charge in [-0.05, 0) is 13.0 Å². The fraction of sp³-hybridized carbons (Fsp3) is 0.143. The van der Waals surface area contributed by atoms with Crippen molar-refractivity contribution < 1.29 is 19.6 Å². The van der Waals surface area contributed by atoms with E-state index in [0.717, 1.165) is 0 Å². The zero-order valence-corrected chi connectivity index (χ0v) is 11.1. The predicted octanol–water partition coefficient (Wildman–Crippen LogP) is 2.75. The Balaban J connectivity index is 2.49. The van der Waals surface area contributed by atoms with Crippen LogP contribution >= 0.6 is 0 Å². The number of pyridine rings is 1. The standard InChI is InChI=1S/C14H12N2O5/c1-2-21-13-8-15-12(7-11(13)14(17)18)9-4-3-5-10(6-9)16(19)20/h3-8H,2H2,1H3,(H,17,18). The molecule has 0 saturated heterocycles. The maximum Gasteiger partial charge on any atom is 0.339 e. The van der Waals surface area contributed by atoms with Gasteiger partial charge in [-0.2, -0.15) is 0 Å². The lowest BCUT2D eigenvalue weighted by molar-refractivity contribution is -0.384. The number of carboxylic acids is 1. The van der Waals surface area contributed by atoms with Crippen LogP contribution in [0.2, 0.25) is 0 Å². The lowest BCUT2D eigenvalue weighted by atomic mass is 10.1. The van der Waals surface area contributed by atoms with Crippen molar-refractivity contribution in [2.75, 3.05) is 6.61 Å². The number of aromatic nitrogens is 1. The fourth-order valence-electron chi connectivity index (χ4n) is 1.82. The van der Waals surface area contributed by atoms with E-state index in [4.69, 9.17) is 4.74 Å². The molecule has 108 valence electrons. The molecule has 0 radical (unpaired) electrons. The van der Waals surface area contributed by atoms with Crippen LogP contribution < -0.4 is 4.74 Å². The van der Waals surface area contributed by atoms with Crippen LogP contribution in [0.15, 0.2) is 36.5 Å². The molecule has 1 heterocycles. The lowest BCUT2D eigenvalue weighted by Crippen LogP contribution is -2.04. The van der Waals surface area contributed by atoms with E-state index in [1.54, 1.807) is 13.0 Å². The third-order valence-electron chi connectivity index (χ3n) is 2.75. The fourth-order valence-corrected chi connectivity index (χ4v) is 1.82. The van der Waals surface area contributed by atoms with Crippen molar-refractivity contribution >= 4 is 11.7 Å². The van der Waals surface area contributed by atoms with Gasteiger partial charge in [-0.3, -0.25) is 15.1 Å². The second-order valence-corrected chi connectivity index (χ2v) is 4.11. The Bertz CT molecular complexity index is 700. The minimum absolute atomic E-state index is 0.0339. The molecule has 1 aromatic carbocycles. The van der Waals surface area contributed by atoms with Crippen molar-refractivity contribution in [1.29, 1.82) is 0 Å². The van der Waals surface area contributed by atoms with Gasteiger partial charge in [-0.15, -0.1) is 0 Å². The van der Waals surface area contributed by atoms with Gasteiger partial charge in [0.15, 0.2) is 5.75 Å². The molecule has 2 rings (SSSR count). The molecule has 0 saturated carbocycles. The molecule has 7 nitrogen and oxygen atoms in total. The number of hydrogen-bond donors (Lipinski definition) is 1. The van der Waals surface area contributed by atoms with Crippen LogP contribution in [0.1, 0.15) is 17.3 Å². The number of benzene rings is 1. The molecule has 0 bridgehead atoms. The van der Waals surface area contributed by atoms with Crippen LogP contribution in [-0.2, 0) is 0 Å². The van der Waals surface area contributed by atoms with Gasteiger partial charge in [0.25, 0.3) is 5.69 Å². The molecule has 0 aliphatic heterocycles. The van der Waals surface area contributed by atoms with E-state index in [9.17, 15) is 20.0 Å². The first-order valence-corrected chi connectivity index (χ1v) is 6.14. The van der Waals surface area contributed by atoms with E-state index < -0.39 is 10.9 Å². The molecule has 2 aromatic rings. The maximum atomic E-state index is 11.2. The second-order valence-electron chi connectivity index (χ2n) is 4.11. The average Bonchev–Trinajstić information content (AvgIpc) is 2.48. The summed E-state index contributed by atoms with van der Waals surface area (Å²) in [4.78, 5) is 25.6. The Hall–Kier alpha value is -2.96. The van der Waals surface area contributed by atoms with Gasteiger partial charge in [0.05, 0.1) is 23.4 Å². The van der Waals surface area contributed by atoms with Crippen molar-refractivity contribution in [3.05, 3.63) is 52.2 Å². The van der Waals surface area contributed by atoms with Crippen LogP contribution in [0.25, 0.3) is 11.3 Å². The molecule has 21 heavy (non-hydrogen) atoms. The zero-order chi connectivity index (χ0) is 15.4. The summed E-state index contributed by atoms with van der Waals surface area (Å²) in [6, 6.07) is 7.18. The summed E-state index contributed by atoms with van der Waals surface area (Å²) in [5.74, 6) is -0.980. The van der Waals surface area contributed by atoms with E-state index in [-0.39, 0.29) is 17.0 Å². The van der Waals surface area contributed by atoms with Gasteiger partial charge in [-0.25, -0.2) is 4.79 Å². The molecular weight excluding hydrogens is 276 g/mol. The molecule has 0 amide bonds. The maximum absolute atomic E-state index is 11.2. The third-order valence-corrected chi connectivity index (χ3v) is 2.75. The highest BCUT2D eigenvalue weighted by molar-refractivity contribution is 5.92. The highest BCUT2D eigenvalue weighted by atomic mass is 16.6. The average molecular weight is 288 g/mol. The molecule has 0 aliphatic carbocycles. The van der Waals surface area contributed by atoms with Crippen molar-refractivity contribution in [2.24, 2.45) is 0 Å². The molecule has 7 heteroatoms. The first kappa shape index (κ1) is 14.4. The Morgan fingerprint density at radius 2 is 2.19 bits per heavy atom. The quantitative estimate of drug-likeness (QED) is 0.670. The number of carboxylic acid groups (broad SMARTS) is 1. The van der Waals surface area contributed by atoms with Crippen molar-refractivity contribution in [1.82, 2.24) is 4.98 Å². The molecule has 0 spiro atoms. The second kappa shape index (κ2) is 6.00. The summed E-state index contributed by atoms with van der Waals surface area (Å²) in [7, 11) is 0. The molecule has 1 N–H and O–H groups in total. The smallest absolute Gasteiger partial charge is 0.339 e. The van der Waals surface area contributed by atoms with Gasteiger partial charge in [-0.1, -0.05) is 12.1 Å². The summed E-state index contributed by atoms with van der Waals surface area (Å²) >= 11 is 0. The van der Waals surface area contributed by atoms with Gasteiger partial charge >= 0.3 is 5.97 Å². The minimum atomic E-state index is -1.15. The molecule has 0 unspecified atom stereocenters. The SMILES string of the molecule is CCOc1cnc(-c2cccc([N+](=O)[O-])c2)cc1C(=O)O. The van der Waals surface area contributed by atoms with E-state index in [1.807, 2.05) is 0 Å². The topological polar surface area (TPSA) is 103 Å². The highest BCUT2D eigenvalue weighted by Crippen LogP contribution is 2.26. The van der Waals surface area contributed by atoms with Crippen LogP contribution in [-0.4, -0.2) is 27.6 Å². The number of hydrogen-bond acceptors (Lipinski definition) is 5. The van der Waals surface area contributed by atoms with Crippen LogP contribution in [0, 0.1) is 10.1 Å². The summed E-state index contributed by atoms with van der Waals surface area (Å²) in [6.07, 6.45) is 1.31. The number of nitrogens with zero attached hydrogens (tertiary/aromatic N) is 2. The number of ether oxygens (including phenoxy) is 1. The first-order valence-electron chi connectivity index (χ1n) is 6.14. The number of aromatic carboxylic acids is 1. The number of rotatable bonds is 5. The van der Waals surface area contributed by atoms with E-state index >= 15 is 0 Å². The summed E-state index contributed by atoms with van der Waals surface area (Å²) in [5, 5.41) is 20.0. The number of nitro benzene ring substituents is 1.